The molecule has 0 aliphatic heterocycles. The second-order valence-corrected chi connectivity index (χ2v) is 6.17. The maximum absolute atomic E-state index is 10.4. The molecule has 2 rings (SSSR count). The van der Waals surface area contributed by atoms with Gasteiger partial charge < -0.3 is 5.11 Å². The number of pyridine rings is 1. The van der Waals surface area contributed by atoms with E-state index in [1.807, 2.05) is 32.9 Å². The molecule has 0 radical (unpaired) electrons. The Hall–Kier alpha value is -1.38. The number of rotatable bonds is 3. The van der Waals surface area contributed by atoms with E-state index in [9.17, 15) is 4.79 Å². The molecule has 0 aromatic carbocycles. The standard InChI is InChI=1S/C9H11NO2.C6H12.C3H8.C2H6/c1-7(5-9(11)12)8-3-2-4-10-6-8;1-5-3-6(2)4-5;1-3-2;1-2/h2-4,6-7H,5H2,1H3,(H,11,12);5-6H,3-4H2,1-2H3;3H2,1-2H3;1-2H3. The van der Waals surface area contributed by atoms with Crippen molar-refractivity contribution in [1.29, 1.82) is 0 Å². The molecule has 1 heterocycles. The van der Waals surface area contributed by atoms with Crippen molar-refractivity contribution in [3.05, 3.63) is 30.1 Å². The van der Waals surface area contributed by atoms with Crippen LogP contribution in [-0.2, 0) is 4.79 Å². The fourth-order valence-electron chi connectivity index (χ4n) is 2.35. The molecule has 1 N–H and O–H groups in total. The summed E-state index contributed by atoms with van der Waals surface area (Å²) in [5, 5.41) is 8.52. The summed E-state index contributed by atoms with van der Waals surface area (Å²) in [7, 11) is 0. The maximum atomic E-state index is 10.4. The minimum Gasteiger partial charge on any atom is -0.481 e. The lowest BCUT2D eigenvalue weighted by atomic mass is 9.78. The molecule has 1 aliphatic rings. The molecule has 1 aliphatic carbocycles. The first-order chi connectivity index (χ1) is 10.9. The van der Waals surface area contributed by atoms with Crippen LogP contribution in [0.2, 0.25) is 0 Å². The summed E-state index contributed by atoms with van der Waals surface area (Å²) in [4.78, 5) is 14.3. The first-order valence-electron chi connectivity index (χ1n) is 9.02. The Bertz CT molecular complexity index is 366. The molecule has 1 unspecified atom stereocenters. The monoisotopic (exact) mass is 323 g/mol. The third kappa shape index (κ3) is 14.0. The molecule has 1 atom stereocenters. The third-order valence-electron chi connectivity index (χ3n) is 3.34. The second-order valence-electron chi connectivity index (χ2n) is 6.17. The Morgan fingerprint density at radius 2 is 1.74 bits per heavy atom. The van der Waals surface area contributed by atoms with Crippen molar-refractivity contribution < 1.29 is 9.90 Å². The SMILES string of the molecule is CC.CC(CC(=O)O)c1cccnc1.CC1CC(C)C1.CCC. The van der Waals surface area contributed by atoms with E-state index in [1.54, 1.807) is 12.4 Å². The van der Waals surface area contributed by atoms with E-state index in [1.165, 1.54) is 19.3 Å². The van der Waals surface area contributed by atoms with Crippen LogP contribution in [0.3, 0.4) is 0 Å². The molecule has 0 saturated heterocycles. The quantitative estimate of drug-likeness (QED) is 0.725. The lowest BCUT2D eigenvalue weighted by Crippen LogP contribution is -2.16. The Morgan fingerprint density at radius 1 is 1.26 bits per heavy atom. The van der Waals surface area contributed by atoms with E-state index in [4.69, 9.17) is 5.11 Å². The molecular weight excluding hydrogens is 286 g/mol. The topological polar surface area (TPSA) is 50.2 Å². The molecule has 0 bridgehead atoms. The smallest absolute Gasteiger partial charge is 0.303 e. The van der Waals surface area contributed by atoms with Crippen LogP contribution < -0.4 is 0 Å². The zero-order valence-corrected chi connectivity index (χ0v) is 16.2. The van der Waals surface area contributed by atoms with Gasteiger partial charge in [0, 0.05) is 12.4 Å². The van der Waals surface area contributed by atoms with Gasteiger partial charge in [-0.25, -0.2) is 0 Å². The molecule has 3 heteroatoms. The largest absolute Gasteiger partial charge is 0.481 e. The highest BCUT2D eigenvalue weighted by atomic mass is 16.4. The normalized spacial score (nSPS) is 19.3. The number of hydrogen-bond acceptors (Lipinski definition) is 2. The summed E-state index contributed by atoms with van der Waals surface area (Å²) >= 11 is 0. The van der Waals surface area contributed by atoms with Gasteiger partial charge in [0.2, 0.25) is 0 Å². The number of carbonyl (C=O) groups is 1. The van der Waals surface area contributed by atoms with Gasteiger partial charge in [0.25, 0.3) is 0 Å². The Balaban J connectivity index is 0. The van der Waals surface area contributed by atoms with Gasteiger partial charge in [-0.3, -0.25) is 9.78 Å². The summed E-state index contributed by atoms with van der Waals surface area (Å²) in [6.07, 6.45) is 7.73. The molecule has 1 aromatic heterocycles. The number of aliphatic carboxylic acids is 1. The molecule has 0 amide bonds. The van der Waals surface area contributed by atoms with Crippen LogP contribution in [0.1, 0.15) is 85.6 Å². The molecule has 23 heavy (non-hydrogen) atoms. The van der Waals surface area contributed by atoms with Crippen molar-refractivity contribution in [3.63, 3.8) is 0 Å². The lowest BCUT2D eigenvalue weighted by molar-refractivity contribution is -0.137. The van der Waals surface area contributed by atoms with E-state index in [-0.39, 0.29) is 12.3 Å². The van der Waals surface area contributed by atoms with Crippen molar-refractivity contribution in [2.45, 2.75) is 80.1 Å². The number of hydrogen-bond donors (Lipinski definition) is 1. The van der Waals surface area contributed by atoms with E-state index < -0.39 is 5.97 Å². The average molecular weight is 324 g/mol. The van der Waals surface area contributed by atoms with Gasteiger partial charge in [-0.05, 0) is 42.2 Å². The lowest BCUT2D eigenvalue weighted by Gasteiger charge is -2.28. The number of nitrogens with zero attached hydrogens (tertiary/aromatic N) is 1. The number of carboxylic acids is 1. The number of carboxylic acid groups (broad SMARTS) is 1. The van der Waals surface area contributed by atoms with Crippen molar-refractivity contribution in [2.75, 3.05) is 0 Å². The zero-order valence-electron chi connectivity index (χ0n) is 16.2. The van der Waals surface area contributed by atoms with Crippen molar-refractivity contribution in [1.82, 2.24) is 4.98 Å². The highest BCUT2D eigenvalue weighted by molar-refractivity contribution is 5.67. The summed E-state index contributed by atoms with van der Waals surface area (Å²) in [6, 6.07) is 3.70. The number of aromatic nitrogens is 1. The van der Waals surface area contributed by atoms with Crippen LogP contribution in [-0.4, -0.2) is 16.1 Å². The van der Waals surface area contributed by atoms with Gasteiger partial charge in [-0.1, -0.05) is 61.0 Å². The van der Waals surface area contributed by atoms with Crippen LogP contribution in [0.25, 0.3) is 0 Å². The van der Waals surface area contributed by atoms with E-state index in [0.717, 1.165) is 17.4 Å². The van der Waals surface area contributed by atoms with Gasteiger partial charge in [0.1, 0.15) is 0 Å². The Labute approximate surface area is 143 Å². The Kier molecular flexibility index (Phi) is 16.1. The first-order valence-corrected chi connectivity index (χ1v) is 9.02. The zero-order chi connectivity index (χ0) is 18.3. The minimum absolute atomic E-state index is 0.0381. The molecule has 0 spiro atoms. The van der Waals surface area contributed by atoms with E-state index in [0.29, 0.717) is 0 Å². The third-order valence-corrected chi connectivity index (χ3v) is 3.34. The molecule has 1 aromatic rings. The van der Waals surface area contributed by atoms with Gasteiger partial charge >= 0.3 is 5.97 Å². The van der Waals surface area contributed by atoms with E-state index in [2.05, 4.69) is 32.7 Å². The fraction of sp³-hybridized carbons (Fsp3) is 0.700. The second kappa shape index (κ2) is 15.5. The molecule has 134 valence electrons. The van der Waals surface area contributed by atoms with E-state index >= 15 is 0 Å². The summed E-state index contributed by atoms with van der Waals surface area (Å²) in [5.41, 5.74) is 0.972. The fourth-order valence-corrected chi connectivity index (χ4v) is 2.35. The van der Waals surface area contributed by atoms with Crippen molar-refractivity contribution >= 4 is 5.97 Å². The van der Waals surface area contributed by atoms with Crippen molar-refractivity contribution in [3.8, 4) is 0 Å². The first kappa shape index (κ1) is 23.9. The van der Waals surface area contributed by atoms with Crippen LogP contribution in [0.5, 0.6) is 0 Å². The predicted molar refractivity (Wildman–Crippen MR) is 99.8 cm³/mol. The van der Waals surface area contributed by atoms with Crippen LogP contribution >= 0.6 is 0 Å². The van der Waals surface area contributed by atoms with Crippen LogP contribution in [0.4, 0.5) is 0 Å². The molecular formula is C20H37NO2. The van der Waals surface area contributed by atoms with Gasteiger partial charge in [0.05, 0.1) is 6.42 Å². The molecule has 1 fully saturated rings. The van der Waals surface area contributed by atoms with Gasteiger partial charge in [-0.15, -0.1) is 0 Å². The molecule has 3 nitrogen and oxygen atoms in total. The Morgan fingerprint density at radius 3 is 2.00 bits per heavy atom. The summed E-state index contributed by atoms with van der Waals surface area (Å²) in [5.74, 6) is 1.35. The summed E-state index contributed by atoms with van der Waals surface area (Å²) < 4.78 is 0. The summed E-state index contributed by atoms with van der Waals surface area (Å²) in [6.45, 7) is 14.8. The highest BCUT2D eigenvalue weighted by Crippen LogP contribution is 2.31. The van der Waals surface area contributed by atoms with Crippen molar-refractivity contribution in [2.24, 2.45) is 11.8 Å². The maximum Gasteiger partial charge on any atom is 0.303 e. The highest BCUT2D eigenvalue weighted by Gasteiger charge is 2.19. The van der Waals surface area contributed by atoms with Gasteiger partial charge in [0.15, 0.2) is 0 Å². The van der Waals surface area contributed by atoms with Crippen LogP contribution in [0, 0.1) is 11.8 Å². The average Bonchev–Trinajstić information content (AvgIpc) is 2.50. The van der Waals surface area contributed by atoms with Crippen LogP contribution in [0.15, 0.2) is 24.5 Å². The van der Waals surface area contributed by atoms with Gasteiger partial charge in [-0.2, -0.15) is 0 Å². The minimum atomic E-state index is -0.772. The predicted octanol–water partition coefficient (Wildman–Crippen LogP) is 6.15. The molecule has 1 saturated carbocycles.